The summed E-state index contributed by atoms with van der Waals surface area (Å²) in [4.78, 5) is 13.4. The van der Waals surface area contributed by atoms with Crippen LogP contribution >= 0.6 is 11.3 Å². The minimum Gasteiger partial charge on any atom is -0.397 e. The van der Waals surface area contributed by atoms with E-state index in [1.54, 1.807) is 0 Å². The molecule has 0 unspecified atom stereocenters. The van der Waals surface area contributed by atoms with Crippen molar-refractivity contribution in [3.63, 3.8) is 0 Å². The van der Waals surface area contributed by atoms with Crippen molar-refractivity contribution >= 4 is 33.1 Å². The number of hydrogen-bond acceptors (Lipinski definition) is 5. The largest absolute Gasteiger partial charge is 0.397 e. The van der Waals surface area contributed by atoms with Crippen LogP contribution < -0.4 is 11.1 Å². The molecule has 6 heteroatoms. The van der Waals surface area contributed by atoms with Crippen LogP contribution in [0.3, 0.4) is 0 Å². The number of carbonyl (C=O) groups excluding carboxylic acids is 1. The molecule has 5 nitrogen and oxygen atoms in total. The lowest BCUT2D eigenvalue weighted by Gasteiger charge is -2.04. The molecular weight excluding hydrogens is 284 g/mol. The molecule has 0 atom stereocenters. The number of nitrogen functional groups attached to an aromatic ring is 1. The van der Waals surface area contributed by atoms with Crippen molar-refractivity contribution in [2.75, 3.05) is 12.3 Å². The highest BCUT2D eigenvalue weighted by Gasteiger charge is 2.19. The molecule has 2 heterocycles. The summed E-state index contributed by atoms with van der Waals surface area (Å²) in [5.41, 5.74) is 8.41. The summed E-state index contributed by atoms with van der Waals surface area (Å²) in [6.07, 6.45) is 7.68. The zero-order valence-electron chi connectivity index (χ0n) is 12.2. The molecule has 21 heavy (non-hydrogen) atoms. The van der Waals surface area contributed by atoms with Crippen LogP contribution in [0.25, 0.3) is 10.2 Å². The average molecular weight is 302 g/mol. The van der Waals surface area contributed by atoms with E-state index < -0.39 is 0 Å². The Morgan fingerprint density at radius 1 is 1.38 bits per heavy atom. The zero-order valence-corrected chi connectivity index (χ0v) is 13.0. The average Bonchev–Trinajstić information content (AvgIpc) is 2.80. The summed E-state index contributed by atoms with van der Waals surface area (Å²) in [6.45, 7) is 4.42. The minimum absolute atomic E-state index is 0.159. The molecule has 1 amide bonds. The second kappa shape index (κ2) is 6.55. The molecule has 2 aromatic heterocycles. The van der Waals surface area contributed by atoms with Crippen molar-refractivity contribution in [3.05, 3.63) is 16.1 Å². The molecule has 110 valence electrons. The van der Waals surface area contributed by atoms with Gasteiger partial charge in [0.25, 0.3) is 5.91 Å². The van der Waals surface area contributed by atoms with Gasteiger partial charge in [0.2, 0.25) is 0 Å². The first kappa shape index (κ1) is 15.3. The van der Waals surface area contributed by atoms with Gasteiger partial charge in [0.1, 0.15) is 9.71 Å². The van der Waals surface area contributed by atoms with E-state index in [4.69, 9.17) is 12.2 Å². The fraction of sp³-hybridized carbons (Fsp3) is 0.400. The number of aromatic nitrogens is 2. The number of terminal acetylenes is 1. The van der Waals surface area contributed by atoms with Crippen molar-refractivity contribution in [3.8, 4) is 12.3 Å². The second-order valence-electron chi connectivity index (χ2n) is 4.85. The molecule has 0 bridgehead atoms. The molecule has 0 saturated carbocycles. The van der Waals surface area contributed by atoms with E-state index >= 15 is 0 Å². The lowest BCUT2D eigenvalue weighted by Crippen LogP contribution is -2.24. The van der Waals surface area contributed by atoms with E-state index in [0.29, 0.717) is 21.9 Å². The number of hydrogen-bond donors (Lipinski definition) is 2. The lowest BCUT2D eigenvalue weighted by molar-refractivity contribution is 0.0958. The maximum Gasteiger partial charge on any atom is 0.263 e. The first-order valence-corrected chi connectivity index (χ1v) is 7.61. The Labute approximate surface area is 127 Å². The van der Waals surface area contributed by atoms with E-state index in [0.717, 1.165) is 35.9 Å². The number of nitrogens with zero attached hydrogens (tertiary/aromatic N) is 2. The number of unbranched alkanes of at least 4 members (excludes halogenated alkanes) is 2. The van der Waals surface area contributed by atoms with E-state index in [1.165, 1.54) is 11.3 Å². The van der Waals surface area contributed by atoms with Crippen molar-refractivity contribution < 1.29 is 4.79 Å². The van der Waals surface area contributed by atoms with Gasteiger partial charge in [0, 0.05) is 18.4 Å². The van der Waals surface area contributed by atoms with Crippen LogP contribution in [-0.2, 0) is 0 Å². The molecule has 0 aliphatic heterocycles. The highest BCUT2D eigenvalue weighted by molar-refractivity contribution is 7.21. The minimum atomic E-state index is -0.159. The molecule has 0 aliphatic rings. The topological polar surface area (TPSA) is 80.9 Å². The van der Waals surface area contributed by atoms with Crippen LogP contribution in [0.5, 0.6) is 0 Å². The maximum atomic E-state index is 12.2. The van der Waals surface area contributed by atoms with E-state index in [9.17, 15) is 4.79 Å². The van der Waals surface area contributed by atoms with Gasteiger partial charge in [-0.1, -0.05) is 0 Å². The molecule has 2 aromatic rings. The molecule has 0 spiro atoms. The van der Waals surface area contributed by atoms with Crippen LogP contribution in [0.4, 0.5) is 5.69 Å². The van der Waals surface area contributed by atoms with Crippen molar-refractivity contribution in [1.82, 2.24) is 15.5 Å². The van der Waals surface area contributed by atoms with E-state index in [-0.39, 0.29) is 5.91 Å². The summed E-state index contributed by atoms with van der Waals surface area (Å²) in [6, 6.07) is 0. The van der Waals surface area contributed by atoms with Gasteiger partial charge in [-0.2, -0.15) is 5.10 Å². The fourth-order valence-corrected chi connectivity index (χ4v) is 3.06. The van der Waals surface area contributed by atoms with Gasteiger partial charge >= 0.3 is 0 Å². The number of rotatable bonds is 5. The highest BCUT2D eigenvalue weighted by atomic mass is 32.1. The summed E-state index contributed by atoms with van der Waals surface area (Å²) in [5, 5.41) is 11.9. The van der Waals surface area contributed by atoms with Crippen LogP contribution in [-0.4, -0.2) is 22.6 Å². The predicted octanol–water partition coefficient (Wildman–Crippen LogP) is 2.42. The number of aryl methyl sites for hydroxylation is 2. The number of nitrogens with one attached hydrogen (secondary N) is 1. The van der Waals surface area contributed by atoms with Crippen LogP contribution in [0.15, 0.2) is 0 Å². The highest BCUT2D eigenvalue weighted by Crippen LogP contribution is 2.34. The number of thiophene rings is 1. The normalized spacial score (nSPS) is 10.5. The van der Waals surface area contributed by atoms with Crippen molar-refractivity contribution in [1.29, 1.82) is 0 Å². The van der Waals surface area contributed by atoms with Gasteiger partial charge in [-0.05, 0) is 32.3 Å². The Bertz CT molecular complexity index is 715. The molecule has 0 radical (unpaired) electrons. The zero-order chi connectivity index (χ0) is 15.4. The molecule has 0 aliphatic carbocycles. The summed E-state index contributed by atoms with van der Waals surface area (Å²) >= 11 is 1.28. The van der Waals surface area contributed by atoms with Crippen molar-refractivity contribution in [2.45, 2.75) is 33.1 Å². The molecule has 3 N–H and O–H groups in total. The van der Waals surface area contributed by atoms with Crippen LogP contribution in [0, 0.1) is 26.2 Å². The third kappa shape index (κ3) is 3.14. The quantitative estimate of drug-likeness (QED) is 0.656. The first-order valence-electron chi connectivity index (χ1n) is 6.79. The maximum absolute atomic E-state index is 12.2. The Balaban J connectivity index is 2.15. The molecule has 0 fully saturated rings. The van der Waals surface area contributed by atoms with Gasteiger partial charge in [-0.3, -0.25) is 4.79 Å². The van der Waals surface area contributed by atoms with Gasteiger partial charge in [-0.15, -0.1) is 28.8 Å². The Morgan fingerprint density at radius 2 is 2.14 bits per heavy atom. The lowest BCUT2D eigenvalue weighted by atomic mass is 10.1. The number of fused-ring (bicyclic) bond motifs is 1. The Morgan fingerprint density at radius 3 is 2.86 bits per heavy atom. The summed E-state index contributed by atoms with van der Waals surface area (Å²) in [5.74, 6) is 2.42. The fourth-order valence-electron chi connectivity index (χ4n) is 2.04. The molecule has 0 saturated heterocycles. The monoisotopic (exact) mass is 302 g/mol. The number of amides is 1. The molecule has 2 rings (SSSR count). The SMILES string of the molecule is C#CCCCCNC(=O)c1sc2nnc(C)c(C)c2c1N. The standard InChI is InChI=1S/C15H18N4OS/c1-4-5-6-7-8-17-14(20)13-12(16)11-9(2)10(3)18-19-15(11)21-13/h1H,5-8,16H2,2-3H3,(H,17,20). The second-order valence-corrected chi connectivity index (χ2v) is 5.85. The summed E-state index contributed by atoms with van der Waals surface area (Å²) in [7, 11) is 0. The van der Waals surface area contributed by atoms with E-state index in [2.05, 4.69) is 21.4 Å². The third-order valence-corrected chi connectivity index (χ3v) is 4.46. The van der Waals surface area contributed by atoms with Gasteiger partial charge in [0.15, 0.2) is 0 Å². The van der Waals surface area contributed by atoms with Crippen molar-refractivity contribution in [2.24, 2.45) is 0 Å². The Kier molecular flexibility index (Phi) is 4.76. The third-order valence-electron chi connectivity index (χ3n) is 3.37. The summed E-state index contributed by atoms with van der Waals surface area (Å²) < 4.78 is 0. The number of nitrogens with two attached hydrogens (primary N) is 1. The van der Waals surface area contributed by atoms with E-state index in [1.807, 2.05) is 13.8 Å². The van der Waals surface area contributed by atoms with Crippen LogP contribution in [0.1, 0.15) is 40.2 Å². The van der Waals surface area contributed by atoms with Gasteiger partial charge in [-0.25, -0.2) is 0 Å². The number of carbonyl (C=O) groups is 1. The molecular formula is C15H18N4OS. The number of anilines is 1. The smallest absolute Gasteiger partial charge is 0.263 e. The molecule has 0 aromatic carbocycles. The Hall–Kier alpha value is -2.13. The van der Waals surface area contributed by atoms with Gasteiger partial charge in [0.05, 0.1) is 11.4 Å². The van der Waals surface area contributed by atoms with Crippen LogP contribution in [0.2, 0.25) is 0 Å². The first-order chi connectivity index (χ1) is 10.1. The predicted molar refractivity (Wildman–Crippen MR) is 86.3 cm³/mol. The van der Waals surface area contributed by atoms with Gasteiger partial charge < -0.3 is 11.1 Å².